The lowest BCUT2D eigenvalue weighted by atomic mass is 10.0. The lowest BCUT2D eigenvalue weighted by molar-refractivity contribution is 0.217. The van der Waals surface area contributed by atoms with Gasteiger partial charge in [-0.1, -0.05) is 35.9 Å². The van der Waals surface area contributed by atoms with Gasteiger partial charge >= 0.3 is 0 Å². The van der Waals surface area contributed by atoms with Gasteiger partial charge in [-0.3, -0.25) is 4.90 Å². The van der Waals surface area contributed by atoms with E-state index in [9.17, 15) is 5.11 Å². The van der Waals surface area contributed by atoms with Gasteiger partial charge in [0.2, 0.25) is 0 Å². The van der Waals surface area contributed by atoms with Crippen molar-refractivity contribution >= 4 is 11.6 Å². The normalized spacial score (nSPS) is 17.3. The highest BCUT2D eigenvalue weighted by atomic mass is 35.5. The Balaban J connectivity index is 1.74. The van der Waals surface area contributed by atoms with Crippen LogP contribution < -0.4 is 4.74 Å². The van der Waals surface area contributed by atoms with Gasteiger partial charge in [-0.2, -0.15) is 0 Å². The molecule has 1 aromatic heterocycles. The van der Waals surface area contributed by atoms with Crippen LogP contribution in [0.25, 0.3) is 0 Å². The summed E-state index contributed by atoms with van der Waals surface area (Å²) in [4.78, 5) is 2.41. The Morgan fingerprint density at radius 2 is 1.89 bits per heavy atom. The molecule has 0 spiro atoms. The molecule has 0 bridgehead atoms. The summed E-state index contributed by atoms with van der Waals surface area (Å²) >= 11 is 6.12. The van der Waals surface area contributed by atoms with Gasteiger partial charge in [0, 0.05) is 42.1 Å². The standard InChI is InChI=1S/C22H23ClN2O2/c1-27-20-7-2-5-17(22(20)26)15-25-14-4-13-24-12-3-6-19(24)21(25)16-8-10-18(23)11-9-16/h2-3,5-12,21,26H,4,13-15H2,1H3. The number of phenolic OH excluding ortho intramolecular Hbond substituents is 1. The first-order valence-corrected chi connectivity index (χ1v) is 9.54. The number of phenols is 1. The maximum atomic E-state index is 10.6. The number of methoxy groups -OCH3 is 1. The predicted octanol–water partition coefficient (Wildman–Crippen LogP) is 4.85. The predicted molar refractivity (Wildman–Crippen MR) is 107 cm³/mol. The molecule has 1 unspecified atom stereocenters. The van der Waals surface area contributed by atoms with E-state index >= 15 is 0 Å². The van der Waals surface area contributed by atoms with Gasteiger partial charge in [-0.15, -0.1) is 0 Å². The topological polar surface area (TPSA) is 37.6 Å². The van der Waals surface area contributed by atoms with Gasteiger partial charge in [-0.25, -0.2) is 0 Å². The van der Waals surface area contributed by atoms with Crippen LogP contribution in [-0.2, 0) is 13.1 Å². The maximum absolute atomic E-state index is 10.6. The van der Waals surface area contributed by atoms with Crippen molar-refractivity contribution < 1.29 is 9.84 Å². The van der Waals surface area contributed by atoms with Gasteiger partial charge in [0.1, 0.15) is 0 Å². The number of para-hydroxylation sites is 1. The second kappa shape index (κ2) is 7.67. The number of fused-ring (bicyclic) bond motifs is 1. The van der Waals surface area contributed by atoms with E-state index in [-0.39, 0.29) is 11.8 Å². The molecule has 5 heteroatoms. The second-order valence-electron chi connectivity index (χ2n) is 6.87. The van der Waals surface area contributed by atoms with Gasteiger partial charge in [-0.05, 0) is 42.3 Å². The van der Waals surface area contributed by atoms with Gasteiger partial charge in [0.05, 0.1) is 13.2 Å². The molecule has 2 aromatic carbocycles. The van der Waals surface area contributed by atoms with Crippen LogP contribution in [0.2, 0.25) is 5.02 Å². The van der Waals surface area contributed by atoms with E-state index in [1.165, 1.54) is 11.3 Å². The van der Waals surface area contributed by atoms with Crippen molar-refractivity contribution in [1.82, 2.24) is 9.47 Å². The summed E-state index contributed by atoms with van der Waals surface area (Å²) in [5.74, 6) is 0.725. The Morgan fingerprint density at radius 1 is 1.07 bits per heavy atom. The van der Waals surface area contributed by atoms with Crippen LogP contribution in [-0.4, -0.2) is 28.2 Å². The van der Waals surface area contributed by atoms with Crippen molar-refractivity contribution in [3.63, 3.8) is 0 Å². The minimum atomic E-state index is 0.102. The Labute approximate surface area is 164 Å². The zero-order valence-corrected chi connectivity index (χ0v) is 16.1. The smallest absolute Gasteiger partial charge is 0.162 e. The molecule has 4 nitrogen and oxygen atoms in total. The van der Waals surface area contributed by atoms with E-state index in [0.717, 1.165) is 30.1 Å². The summed E-state index contributed by atoms with van der Waals surface area (Å²) in [6.07, 6.45) is 3.20. The van der Waals surface area contributed by atoms with Crippen molar-refractivity contribution in [1.29, 1.82) is 0 Å². The second-order valence-corrected chi connectivity index (χ2v) is 7.31. The fourth-order valence-corrected chi connectivity index (χ4v) is 4.04. The van der Waals surface area contributed by atoms with E-state index in [2.05, 4.69) is 39.9 Å². The minimum Gasteiger partial charge on any atom is -0.504 e. The average Bonchev–Trinajstić information content (AvgIpc) is 3.06. The van der Waals surface area contributed by atoms with Crippen molar-refractivity contribution in [3.8, 4) is 11.5 Å². The first kappa shape index (κ1) is 18.0. The highest BCUT2D eigenvalue weighted by molar-refractivity contribution is 6.30. The lowest BCUT2D eigenvalue weighted by Gasteiger charge is -2.31. The molecular weight excluding hydrogens is 360 g/mol. The molecule has 0 amide bonds. The lowest BCUT2D eigenvalue weighted by Crippen LogP contribution is -2.29. The van der Waals surface area contributed by atoms with Crippen LogP contribution in [0.15, 0.2) is 60.8 Å². The molecule has 4 rings (SSSR count). The van der Waals surface area contributed by atoms with Crippen LogP contribution in [0.3, 0.4) is 0 Å². The third kappa shape index (κ3) is 3.55. The summed E-state index contributed by atoms with van der Waals surface area (Å²) in [5, 5.41) is 11.3. The molecule has 0 radical (unpaired) electrons. The fourth-order valence-electron chi connectivity index (χ4n) is 3.92. The fraction of sp³-hybridized carbons (Fsp3) is 0.273. The van der Waals surface area contributed by atoms with E-state index in [0.29, 0.717) is 12.3 Å². The molecule has 0 saturated heterocycles. The van der Waals surface area contributed by atoms with Crippen LogP contribution in [0.4, 0.5) is 0 Å². The Morgan fingerprint density at radius 3 is 2.67 bits per heavy atom. The third-order valence-corrected chi connectivity index (χ3v) is 5.47. The molecule has 140 valence electrons. The number of benzene rings is 2. The zero-order valence-electron chi connectivity index (χ0n) is 15.3. The summed E-state index contributed by atoms with van der Waals surface area (Å²) in [6, 6.07) is 18.1. The molecule has 1 aliphatic heterocycles. The molecule has 2 heterocycles. The van der Waals surface area contributed by atoms with Crippen molar-refractivity contribution in [2.75, 3.05) is 13.7 Å². The van der Waals surface area contributed by atoms with Crippen LogP contribution in [0, 0.1) is 0 Å². The average molecular weight is 383 g/mol. The molecule has 1 aliphatic rings. The molecule has 0 saturated carbocycles. The maximum Gasteiger partial charge on any atom is 0.162 e. The van der Waals surface area contributed by atoms with Gasteiger partial charge < -0.3 is 14.4 Å². The number of rotatable bonds is 4. The molecule has 27 heavy (non-hydrogen) atoms. The number of ether oxygens (including phenoxy) is 1. The molecular formula is C22H23ClN2O2. The Hall–Kier alpha value is -2.43. The largest absolute Gasteiger partial charge is 0.504 e. The van der Waals surface area contributed by atoms with Crippen molar-refractivity contribution in [3.05, 3.63) is 82.6 Å². The van der Waals surface area contributed by atoms with Crippen molar-refractivity contribution in [2.45, 2.75) is 25.6 Å². The SMILES string of the molecule is COc1cccc(CN2CCCn3cccc3C2c2ccc(Cl)cc2)c1O. The molecule has 0 aliphatic carbocycles. The first-order chi connectivity index (χ1) is 13.2. The Bertz CT molecular complexity index is 920. The van der Waals surface area contributed by atoms with Crippen molar-refractivity contribution in [2.24, 2.45) is 0 Å². The van der Waals surface area contributed by atoms with Crippen LogP contribution in [0.5, 0.6) is 11.5 Å². The van der Waals surface area contributed by atoms with E-state index < -0.39 is 0 Å². The number of aromatic nitrogens is 1. The highest BCUT2D eigenvalue weighted by Crippen LogP contribution is 2.36. The van der Waals surface area contributed by atoms with Crippen LogP contribution in [0.1, 0.15) is 29.3 Å². The molecule has 0 fully saturated rings. The third-order valence-electron chi connectivity index (χ3n) is 5.22. The quantitative estimate of drug-likeness (QED) is 0.700. The minimum absolute atomic E-state index is 0.102. The molecule has 1 atom stereocenters. The number of aryl methyl sites for hydroxylation is 1. The zero-order chi connectivity index (χ0) is 18.8. The Kier molecular flexibility index (Phi) is 5.10. The van der Waals surface area contributed by atoms with Gasteiger partial charge in [0.25, 0.3) is 0 Å². The molecule has 1 N–H and O–H groups in total. The van der Waals surface area contributed by atoms with Gasteiger partial charge in [0.15, 0.2) is 11.5 Å². The first-order valence-electron chi connectivity index (χ1n) is 9.17. The summed E-state index contributed by atoms with van der Waals surface area (Å²) < 4.78 is 7.60. The number of hydrogen-bond donors (Lipinski definition) is 1. The van der Waals surface area contributed by atoms with E-state index in [1.807, 2.05) is 24.3 Å². The number of halogens is 1. The van der Waals surface area contributed by atoms with Crippen LogP contribution >= 0.6 is 11.6 Å². The number of nitrogens with zero attached hydrogens (tertiary/aromatic N) is 2. The highest BCUT2D eigenvalue weighted by Gasteiger charge is 2.28. The monoisotopic (exact) mass is 382 g/mol. The number of hydrogen-bond acceptors (Lipinski definition) is 3. The van der Waals surface area contributed by atoms with E-state index in [1.54, 1.807) is 13.2 Å². The summed E-state index contributed by atoms with van der Waals surface area (Å²) in [6.45, 7) is 2.57. The molecule has 3 aromatic rings. The summed E-state index contributed by atoms with van der Waals surface area (Å²) in [7, 11) is 1.58. The number of aromatic hydroxyl groups is 1. The van der Waals surface area contributed by atoms with E-state index in [4.69, 9.17) is 16.3 Å². The summed E-state index contributed by atoms with van der Waals surface area (Å²) in [5.41, 5.74) is 3.33.